The van der Waals surface area contributed by atoms with Gasteiger partial charge in [-0.3, -0.25) is 4.79 Å². The molecule has 0 aliphatic heterocycles. The Hall–Kier alpha value is -2.96. The maximum Gasteiger partial charge on any atom is 0.360 e. The quantitative estimate of drug-likeness (QED) is 0.847. The van der Waals surface area contributed by atoms with Crippen molar-refractivity contribution >= 4 is 11.9 Å². The van der Waals surface area contributed by atoms with Gasteiger partial charge in [0, 0.05) is 11.8 Å². The van der Waals surface area contributed by atoms with Gasteiger partial charge in [0.15, 0.2) is 0 Å². The van der Waals surface area contributed by atoms with E-state index in [1.807, 2.05) is 0 Å². The van der Waals surface area contributed by atoms with E-state index in [2.05, 4.69) is 9.84 Å². The maximum atomic E-state index is 11.5. The predicted molar refractivity (Wildman–Crippen MR) is 72.9 cm³/mol. The van der Waals surface area contributed by atoms with E-state index < -0.39 is 23.1 Å². The van der Waals surface area contributed by atoms with Gasteiger partial charge in [-0.15, -0.1) is 0 Å². The van der Waals surface area contributed by atoms with Crippen LogP contribution in [0.2, 0.25) is 0 Å². The van der Waals surface area contributed by atoms with Gasteiger partial charge in [-0.2, -0.15) is 5.10 Å². The first-order valence-electron chi connectivity index (χ1n) is 5.97. The highest BCUT2D eigenvalue weighted by atomic mass is 16.5. The number of carbonyl (C=O) groups is 2. The summed E-state index contributed by atoms with van der Waals surface area (Å²) in [6, 6.07) is 7.43. The van der Waals surface area contributed by atoms with Crippen molar-refractivity contribution in [2.45, 2.75) is 6.92 Å². The number of methoxy groups -OCH3 is 1. The average molecular weight is 288 g/mol. The van der Waals surface area contributed by atoms with Crippen LogP contribution in [0.15, 0.2) is 35.1 Å². The SMILES string of the molecule is COC(=O)c1ccc(-n2nc(C(=O)O)c(=O)cc2C)cc1. The first-order chi connectivity index (χ1) is 9.93. The topological polar surface area (TPSA) is 98.5 Å². The van der Waals surface area contributed by atoms with E-state index in [0.29, 0.717) is 16.9 Å². The fourth-order valence-electron chi connectivity index (χ4n) is 1.81. The summed E-state index contributed by atoms with van der Waals surface area (Å²) in [5, 5.41) is 12.8. The highest BCUT2D eigenvalue weighted by molar-refractivity contribution is 5.89. The van der Waals surface area contributed by atoms with Crippen LogP contribution in [0.4, 0.5) is 0 Å². The number of hydrogen-bond donors (Lipinski definition) is 1. The monoisotopic (exact) mass is 288 g/mol. The molecule has 7 nitrogen and oxygen atoms in total. The van der Waals surface area contributed by atoms with Crippen LogP contribution in [0, 0.1) is 6.92 Å². The Kier molecular flexibility index (Phi) is 3.84. The molecule has 21 heavy (non-hydrogen) atoms. The molecule has 1 aromatic heterocycles. The van der Waals surface area contributed by atoms with Crippen LogP contribution in [0.25, 0.3) is 5.69 Å². The number of carboxylic acids is 1. The van der Waals surface area contributed by atoms with Crippen LogP contribution in [0.1, 0.15) is 26.5 Å². The number of benzene rings is 1. The molecular weight excluding hydrogens is 276 g/mol. The Morgan fingerprint density at radius 2 is 1.86 bits per heavy atom. The summed E-state index contributed by atoms with van der Waals surface area (Å²) in [5.74, 6) is -1.86. The highest BCUT2D eigenvalue weighted by Crippen LogP contribution is 2.11. The lowest BCUT2D eigenvalue weighted by atomic mass is 10.2. The van der Waals surface area contributed by atoms with Crippen molar-refractivity contribution in [3.63, 3.8) is 0 Å². The molecule has 1 N–H and O–H groups in total. The van der Waals surface area contributed by atoms with Gasteiger partial charge >= 0.3 is 11.9 Å². The number of hydrogen-bond acceptors (Lipinski definition) is 5. The third kappa shape index (κ3) is 2.81. The normalized spacial score (nSPS) is 10.2. The van der Waals surface area contributed by atoms with E-state index in [0.717, 1.165) is 0 Å². The first kappa shape index (κ1) is 14.4. The van der Waals surface area contributed by atoms with Crippen LogP contribution in [0.3, 0.4) is 0 Å². The van der Waals surface area contributed by atoms with Gasteiger partial charge in [-0.1, -0.05) is 0 Å². The minimum absolute atomic E-state index is 0.360. The number of aromatic nitrogens is 2. The highest BCUT2D eigenvalue weighted by Gasteiger charge is 2.14. The Morgan fingerprint density at radius 3 is 2.38 bits per heavy atom. The molecule has 2 aromatic rings. The van der Waals surface area contributed by atoms with Crippen molar-refractivity contribution in [3.05, 3.63) is 57.5 Å². The van der Waals surface area contributed by atoms with Crippen molar-refractivity contribution in [1.82, 2.24) is 9.78 Å². The summed E-state index contributed by atoms with van der Waals surface area (Å²) in [5.41, 5.74) is 0.164. The second kappa shape index (κ2) is 5.58. The minimum atomic E-state index is -1.39. The van der Waals surface area contributed by atoms with Crippen LogP contribution in [-0.4, -0.2) is 33.9 Å². The molecule has 0 bridgehead atoms. The Morgan fingerprint density at radius 1 is 1.24 bits per heavy atom. The molecule has 0 spiro atoms. The standard InChI is InChI=1S/C14H12N2O5/c1-8-7-11(17)12(13(18)19)15-16(8)10-5-3-9(4-6-10)14(20)21-2/h3-7H,1-2H3,(H,18,19). The number of nitrogens with zero attached hydrogens (tertiary/aromatic N) is 2. The number of carboxylic acid groups (broad SMARTS) is 1. The zero-order chi connectivity index (χ0) is 15.6. The summed E-state index contributed by atoms with van der Waals surface area (Å²) in [6.07, 6.45) is 0. The van der Waals surface area contributed by atoms with Crippen molar-refractivity contribution in [2.24, 2.45) is 0 Å². The Labute approximate surface area is 119 Å². The lowest BCUT2D eigenvalue weighted by Crippen LogP contribution is -2.22. The Balaban J connectivity index is 2.51. The van der Waals surface area contributed by atoms with E-state index in [9.17, 15) is 14.4 Å². The number of rotatable bonds is 3. The van der Waals surface area contributed by atoms with Gasteiger partial charge < -0.3 is 9.84 Å². The number of aromatic carboxylic acids is 1. The molecule has 2 rings (SSSR count). The molecule has 0 aliphatic rings. The minimum Gasteiger partial charge on any atom is -0.476 e. The molecular formula is C14H12N2O5. The first-order valence-corrected chi connectivity index (χ1v) is 5.97. The predicted octanol–water partition coefficient (Wildman–Crippen LogP) is 1.03. The van der Waals surface area contributed by atoms with Crippen LogP contribution in [-0.2, 0) is 4.74 Å². The smallest absolute Gasteiger partial charge is 0.360 e. The third-order valence-corrected chi connectivity index (χ3v) is 2.84. The summed E-state index contributed by atoms with van der Waals surface area (Å²) in [7, 11) is 1.28. The molecule has 1 heterocycles. The fourth-order valence-corrected chi connectivity index (χ4v) is 1.81. The second-order valence-electron chi connectivity index (χ2n) is 4.25. The summed E-state index contributed by atoms with van der Waals surface area (Å²) >= 11 is 0. The van der Waals surface area contributed by atoms with Gasteiger partial charge in [0.1, 0.15) is 0 Å². The molecule has 7 heteroatoms. The molecule has 0 radical (unpaired) electrons. The molecule has 108 valence electrons. The van der Waals surface area contributed by atoms with Gasteiger partial charge in [0.05, 0.1) is 18.4 Å². The number of ether oxygens (including phenoxy) is 1. The Bertz CT molecular complexity index is 762. The maximum absolute atomic E-state index is 11.5. The zero-order valence-electron chi connectivity index (χ0n) is 11.4. The summed E-state index contributed by atoms with van der Waals surface area (Å²) in [6.45, 7) is 1.63. The van der Waals surface area contributed by atoms with E-state index >= 15 is 0 Å². The molecule has 0 saturated heterocycles. The van der Waals surface area contributed by atoms with Crippen molar-refractivity contribution in [1.29, 1.82) is 0 Å². The average Bonchev–Trinajstić information content (AvgIpc) is 2.46. The molecule has 0 amide bonds. The van der Waals surface area contributed by atoms with Gasteiger partial charge in [-0.25, -0.2) is 14.3 Å². The van der Waals surface area contributed by atoms with Crippen molar-refractivity contribution < 1.29 is 19.4 Å². The lowest BCUT2D eigenvalue weighted by Gasteiger charge is -2.10. The van der Waals surface area contributed by atoms with Crippen molar-refractivity contribution in [2.75, 3.05) is 7.11 Å². The third-order valence-electron chi connectivity index (χ3n) is 2.84. The summed E-state index contributed by atoms with van der Waals surface area (Å²) < 4.78 is 5.92. The summed E-state index contributed by atoms with van der Waals surface area (Å²) in [4.78, 5) is 33.8. The van der Waals surface area contributed by atoms with Gasteiger partial charge in [-0.05, 0) is 31.2 Å². The van der Waals surface area contributed by atoms with Gasteiger partial charge in [0.2, 0.25) is 11.1 Å². The molecule has 0 saturated carbocycles. The molecule has 0 fully saturated rings. The molecule has 1 aromatic carbocycles. The van der Waals surface area contributed by atoms with E-state index in [4.69, 9.17) is 5.11 Å². The fraction of sp³-hybridized carbons (Fsp3) is 0.143. The zero-order valence-corrected chi connectivity index (χ0v) is 11.4. The van der Waals surface area contributed by atoms with Crippen LogP contribution >= 0.6 is 0 Å². The number of carbonyl (C=O) groups excluding carboxylic acids is 1. The largest absolute Gasteiger partial charge is 0.476 e. The van der Waals surface area contributed by atoms with Crippen molar-refractivity contribution in [3.8, 4) is 5.69 Å². The van der Waals surface area contributed by atoms with Gasteiger partial charge in [0.25, 0.3) is 0 Å². The van der Waals surface area contributed by atoms with Crippen LogP contribution < -0.4 is 5.43 Å². The second-order valence-corrected chi connectivity index (χ2v) is 4.25. The lowest BCUT2D eigenvalue weighted by molar-refractivity contribution is 0.0599. The van der Waals surface area contributed by atoms with Crippen LogP contribution in [0.5, 0.6) is 0 Å². The molecule has 0 aliphatic carbocycles. The van der Waals surface area contributed by atoms with E-state index in [-0.39, 0.29) is 0 Å². The van der Waals surface area contributed by atoms with E-state index in [1.54, 1.807) is 19.1 Å². The molecule has 0 atom stereocenters. The molecule has 0 unspecified atom stereocenters. The number of aryl methyl sites for hydroxylation is 1. The van der Waals surface area contributed by atoms with E-state index in [1.165, 1.54) is 30.0 Å². The number of esters is 1.